The van der Waals surface area contributed by atoms with Crippen molar-refractivity contribution in [1.82, 2.24) is 29.8 Å². The first-order valence-corrected chi connectivity index (χ1v) is 10.8. The maximum atomic E-state index is 12.8. The topological polar surface area (TPSA) is 83.5 Å². The van der Waals surface area contributed by atoms with Crippen LogP contribution in [0.4, 0.5) is 6.01 Å². The van der Waals surface area contributed by atoms with Gasteiger partial charge in [0.05, 0.1) is 12.7 Å². The summed E-state index contributed by atoms with van der Waals surface area (Å²) in [6.45, 7) is 6.63. The summed E-state index contributed by atoms with van der Waals surface area (Å²) in [6, 6.07) is 8.36. The number of aromatic nitrogens is 4. The van der Waals surface area contributed by atoms with Crippen LogP contribution in [0.2, 0.25) is 0 Å². The van der Waals surface area contributed by atoms with Crippen molar-refractivity contribution in [2.45, 2.75) is 25.8 Å². The number of piperazine rings is 1. The third-order valence-electron chi connectivity index (χ3n) is 5.97. The normalized spacial score (nSPS) is 18.3. The maximum absolute atomic E-state index is 12.8. The average Bonchev–Trinajstić information content (AvgIpc) is 3.45. The van der Waals surface area contributed by atoms with Crippen molar-refractivity contribution in [2.75, 3.05) is 50.7 Å². The van der Waals surface area contributed by atoms with Gasteiger partial charge in [-0.2, -0.15) is 4.98 Å². The van der Waals surface area contributed by atoms with Crippen LogP contribution in [0.3, 0.4) is 0 Å². The number of anilines is 1. The molecule has 0 N–H and O–H groups in total. The van der Waals surface area contributed by atoms with Gasteiger partial charge in [-0.05, 0) is 38.1 Å². The lowest BCUT2D eigenvalue weighted by Gasteiger charge is -2.33. The molecule has 2 aromatic heterocycles. The van der Waals surface area contributed by atoms with Crippen LogP contribution >= 0.6 is 0 Å². The molecule has 30 heavy (non-hydrogen) atoms. The lowest BCUT2D eigenvalue weighted by atomic mass is 10.1. The van der Waals surface area contributed by atoms with Crippen LogP contribution in [-0.2, 0) is 6.54 Å². The van der Waals surface area contributed by atoms with Gasteiger partial charge in [-0.15, -0.1) is 5.10 Å². The molecule has 1 amide bonds. The molecule has 0 atom stereocenters. The molecule has 4 heterocycles. The molecule has 9 heteroatoms. The smallest absolute Gasteiger partial charge is 0.298 e. The van der Waals surface area contributed by atoms with Gasteiger partial charge in [0, 0.05) is 32.7 Å². The molecular weight excluding hydrogens is 382 g/mol. The van der Waals surface area contributed by atoms with Gasteiger partial charge in [-0.25, -0.2) is 0 Å². The number of para-hydroxylation sites is 2. The summed E-state index contributed by atoms with van der Waals surface area (Å²) >= 11 is 0. The highest BCUT2D eigenvalue weighted by atomic mass is 16.4. The molecule has 5 rings (SSSR count). The van der Waals surface area contributed by atoms with E-state index in [2.05, 4.69) is 25.1 Å². The molecule has 2 aliphatic heterocycles. The number of amides is 1. The first kappa shape index (κ1) is 19.0. The van der Waals surface area contributed by atoms with Gasteiger partial charge in [-0.1, -0.05) is 23.8 Å². The number of benzene rings is 1. The minimum Gasteiger partial charge on any atom is -0.423 e. The second kappa shape index (κ2) is 8.43. The Hall–Kier alpha value is -2.94. The Morgan fingerprint density at radius 3 is 2.57 bits per heavy atom. The lowest BCUT2D eigenvalue weighted by molar-refractivity contribution is 0.0739. The standard InChI is InChI=1S/C21H27N7O2/c29-20(18-16-28(24-23-18)15-10-25-8-4-1-5-9-25)26-11-13-27(14-12-26)21-22-17-6-2-3-7-19(17)30-21/h2-3,6-7,16H,1,4-5,8-15H2. The van der Waals surface area contributed by atoms with E-state index in [4.69, 9.17) is 4.42 Å². The number of carbonyl (C=O) groups is 1. The molecule has 0 bridgehead atoms. The largest absolute Gasteiger partial charge is 0.423 e. The van der Waals surface area contributed by atoms with Crippen molar-refractivity contribution >= 4 is 23.0 Å². The van der Waals surface area contributed by atoms with E-state index < -0.39 is 0 Å². The SMILES string of the molecule is O=C(c1cn(CCN2CCCCC2)nn1)N1CCN(c2nc3ccccc3o2)CC1. The fraction of sp³-hybridized carbons (Fsp3) is 0.524. The van der Waals surface area contributed by atoms with E-state index in [1.54, 1.807) is 10.9 Å². The van der Waals surface area contributed by atoms with Crippen LogP contribution in [0.5, 0.6) is 0 Å². The minimum atomic E-state index is -0.0589. The van der Waals surface area contributed by atoms with Crippen LogP contribution in [0.15, 0.2) is 34.9 Å². The van der Waals surface area contributed by atoms with Crippen LogP contribution in [0.25, 0.3) is 11.1 Å². The van der Waals surface area contributed by atoms with Crippen LogP contribution in [0, 0.1) is 0 Å². The van der Waals surface area contributed by atoms with E-state index >= 15 is 0 Å². The first-order chi connectivity index (χ1) is 14.8. The molecule has 1 aromatic carbocycles. The number of hydrogen-bond donors (Lipinski definition) is 0. The molecule has 158 valence electrons. The predicted molar refractivity (Wildman–Crippen MR) is 112 cm³/mol. The third kappa shape index (κ3) is 4.02. The number of oxazole rings is 1. The fourth-order valence-electron chi connectivity index (χ4n) is 4.19. The van der Waals surface area contributed by atoms with E-state index in [0.717, 1.165) is 37.3 Å². The van der Waals surface area contributed by atoms with Crippen LogP contribution in [0.1, 0.15) is 29.8 Å². The Balaban J connectivity index is 1.15. The molecule has 0 spiro atoms. The first-order valence-electron chi connectivity index (χ1n) is 10.8. The molecular formula is C21H27N7O2. The zero-order valence-electron chi connectivity index (χ0n) is 17.1. The van der Waals surface area contributed by atoms with Crippen molar-refractivity contribution in [2.24, 2.45) is 0 Å². The second-order valence-corrected chi connectivity index (χ2v) is 8.01. The fourth-order valence-corrected chi connectivity index (χ4v) is 4.19. The average molecular weight is 409 g/mol. The van der Waals surface area contributed by atoms with E-state index in [1.165, 1.54) is 19.3 Å². The Bertz CT molecular complexity index is 967. The maximum Gasteiger partial charge on any atom is 0.298 e. The van der Waals surface area contributed by atoms with Gasteiger partial charge >= 0.3 is 0 Å². The summed E-state index contributed by atoms with van der Waals surface area (Å²) in [5.74, 6) is -0.0589. The highest BCUT2D eigenvalue weighted by molar-refractivity contribution is 5.92. The number of hydrogen-bond acceptors (Lipinski definition) is 7. The second-order valence-electron chi connectivity index (χ2n) is 8.01. The molecule has 0 radical (unpaired) electrons. The Labute approximate surface area is 175 Å². The van der Waals surface area contributed by atoms with Crippen LogP contribution in [-0.4, -0.2) is 81.5 Å². The highest BCUT2D eigenvalue weighted by Gasteiger charge is 2.26. The molecule has 0 aliphatic carbocycles. The summed E-state index contributed by atoms with van der Waals surface area (Å²) in [4.78, 5) is 23.8. The molecule has 0 saturated carbocycles. The zero-order valence-corrected chi connectivity index (χ0v) is 17.1. The van der Waals surface area contributed by atoms with Gasteiger partial charge < -0.3 is 19.1 Å². The van der Waals surface area contributed by atoms with Crippen molar-refractivity contribution in [3.63, 3.8) is 0 Å². The quantitative estimate of drug-likeness (QED) is 0.636. The van der Waals surface area contributed by atoms with E-state index in [-0.39, 0.29) is 5.91 Å². The monoisotopic (exact) mass is 409 g/mol. The van der Waals surface area contributed by atoms with E-state index in [0.29, 0.717) is 37.9 Å². The predicted octanol–water partition coefficient (Wildman–Crippen LogP) is 1.87. The molecule has 9 nitrogen and oxygen atoms in total. The molecule has 0 unspecified atom stereocenters. The number of nitrogens with zero attached hydrogens (tertiary/aromatic N) is 7. The summed E-state index contributed by atoms with van der Waals surface area (Å²) in [6.07, 6.45) is 5.66. The highest BCUT2D eigenvalue weighted by Crippen LogP contribution is 2.22. The Morgan fingerprint density at radius 2 is 1.77 bits per heavy atom. The summed E-state index contributed by atoms with van der Waals surface area (Å²) in [5.41, 5.74) is 2.06. The summed E-state index contributed by atoms with van der Waals surface area (Å²) < 4.78 is 7.64. The third-order valence-corrected chi connectivity index (χ3v) is 5.97. The van der Waals surface area contributed by atoms with Gasteiger partial charge in [0.25, 0.3) is 11.9 Å². The van der Waals surface area contributed by atoms with Gasteiger partial charge in [-0.3, -0.25) is 9.48 Å². The lowest BCUT2D eigenvalue weighted by Crippen LogP contribution is -2.49. The Morgan fingerprint density at radius 1 is 0.967 bits per heavy atom. The van der Waals surface area contributed by atoms with Gasteiger partial charge in [0.15, 0.2) is 11.3 Å². The summed E-state index contributed by atoms with van der Waals surface area (Å²) in [7, 11) is 0. The number of piperidine rings is 1. The van der Waals surface area contributed by atoms with Gasteiger partial charge in [0.1, 0.15) is 5.52 Å². The van der Waals surface area contributed by atoms with Crippen molar-refractivity contribution < 1.29 is 9.21 Å². The van der Waals surface area contributed by atoms with Crippen molar-refractivity contribution in [3.8, 4) is 0 Å². The molecule has 2 saturated heterocycles. The van der Waals surface area contributed by atoms with Crippen molar-refractivity contribution in [3.05, 3.63) is 36.2 Å². The molecule has 2 aliphatic rings. The van der Waals surface area contributed by atoms with Gasteiger partial charge in [0.2, 0.25) is 0 Å². The number of likely N-dealkylation sites (tertiary alicyclic amines) is 1. The Kier molecular flexibility index (Phi) is 5.35. The van der Waals surface area contributed by atoms with E-state index in [9.17, 15) is 4.79 Å². The van der Waals surface area contributed by atoms with Crippen LogP contribution < -0.4 is 4.90 Å². The summed E-state index contributed by atoms with van der Waals surface area (Å²) in [5, 5.41) is 8.28. The van der Waals surface area contributed by atoms with E-state index in [1.807, 2.05) is 29.2 Å². The number of rotatable bonds is 5. The number of fused-ring (bicyclic) bond motifs is 1. The number of carbonyl (C=O) groups excluding carboxylic acids is 1. The van der Waals surface area contributed by atoms with Crippen molar-refractivity contribution in [1.29, 1.82) is 0 Å². The zero-order chi connectivity index (χ0) is 20.3. The minimum absolute atomic E-state index is 0.0589. The molecule has 2 fully saturated rings. The molecule has 3 aromatic rings.